The van der Waals surface area contributed by atoms with Gasteiger partial charge < -0.3 is 10.5 Å². The van der Waals surface area contributed by atoms with Crippen molar-refractivity contribution in [1.82, 2.24) is 4.72 Å². The summed E-state index contributed by atoms with van der Waals surface area (Å²) in [6, 6.07) is 2.37. The zero-order valence-corrected chi connectivity index (χ0v) is 12.6. The third-order valence-corrected chi connectivity index (χ3v) is 4.19. The molecule has 0 fully saturated rings. The summed E-state index contributed by atoms with van der Waals surface area (Å²) in [7, 11) is -3.69. The fourth-order valence-electron chi connectivity index (χ4n) is 1.60. The summed E-state index contributed by atoms with van der Waals surface area (Å²) >= 11 is 0. The lowest BCUT2D eigenvalue weighted by Crippen LogP contribution is -2.27. The molecule has 0 saturated heterocycles. The quantitative estimate of drug-likeness (QED) is 0.567. The molecule has 20 heavy (non-hydrogen) atoms. The number of hydrogen-bond donors (Lipinski definition) is 2. The van der Waals surface area contributed by atoms with Gasteiger partial charge >= 0.3 is 0 Å². The van der Waals surface area contributed by atoms with E-state index in [1.165, 1.54) is 13.0 Å². The first kappa shape index (κ1) is 16.9. The maximum atomic E-state index is 13.4. The molecule has 7 heteroatoms. The predicted octanol–water partition coefficient (Wildman–Crippen LogP) is 1.81. The van der Waals surface area contributed by atoms with Crippen LogP contribution in [-0.2, 0) is 14.8 Å². The van der Waals surface area contributed by atoms with Gasteiger partial charge in [0.1, 0.15) is 5.82 Å². The average molecular weight is 304 g/mol. The summed E-state index contributed by atoms with van der Waals surface area (Å²) < 4.78 is 45.0. The second kappa shape index (κ2) is 7.56. The fourth-order valence-corrected chi connectivity index (χ4v) is 2.73. The number of benzene rings is 1. The van der Waals surface area contributed by atoms with E-state index in [0.29, 0.717) is 13.2 Å². The molecule has 5 nitrogen and oxygen atoms in total. The van der Waals surface area contributed by atoms with Gasteiger partial charge in [0.15, 0.2) is 0 Å². The van der Waals surface area contributed by atoms with Gasteiger partial charge in [-0.1, -0.05) is 13.3 Å². The van der Waals surface area contributed by atoms with Gasteiger partial charge in [-0.05, 0) is 31.0 Å². The van der Waals surface area contributed by atoms with Crippen LogP contribution in [0.4, 0.5) is 10.1 Å². The number of unbranched alkanes of at least 4 members (excludes halogenated alkanes) is 1. The lowest BCUT2D eigenvalue weighted by Gasteiger charge is -2.09. The molecule has 1 rings (SSSR count). The Kier molecular flexibility index (Phi) is 6.38. The number of ether oxygens (including phenoxy) is 1. The number of sulfonamides is 1. The van der Waals surface area contributed by atoms with E-state index in [9.17, 15) is 12.8 Å². The summed E-state index contributed by atoms with van der Waals surface area (Å²) in [5.41, 5.74) is 5.46. The summed E-state index contributed by atoms with van der Waals surface area (Å²) in [5.74, 6) is -0.591. The standard InChI is InChI=1S/C13H21FN2O3S/c1-3-4-6-19-7-5-16-20(17,18)11-8-10(2)13(14)12(15)9-11/h8-9,16H,3-7,15H2,1-2H3. The van der Waals surface area contributed by atoms with Gasteiger partial charge in [-0.25, -0.2) is 17.5 Å². The van der Waals surface area contributed by atoms with E-state index in [4.69, 9.17) is 10.5 Å². The Labute approximate surface area is 119 Å². The molecule has 3 N–H and O–H groups in total. The van der Waals surface area contributed by atoms with E-state index in [-0.39, 0.29) is 22.7 Å². The lowest BCUT2D eigenvalue weighted by molar-refractivity contribution is 0.136. The maximum Gasteiger partial charge on any atom is 0.240 e. The number of aryl methyl sites for hydroxylation is 1. The van der Waals surface area contributed by atoms with Crippen molar-refractivity contribution in [3.8, 4) is 0 Å². The number of anilines is 1. The molecule has 0 amide bonds. The van der Waals surface area contributed by atoms with Crippen molar-refractivity contribution in [3.05, 3.63) is 23.5 Å². The molecular weight excluding hydrogens is 283 g/mol. The van der Waals surface area contributed by atoms with Crippen LogP contribution in [0.5, 0.6) is 0 Å². The highest BCUT2D eigenvalue weighted by Gasteiger charge is 2.16. The topological polar surface area (TPSA) is 81.4 Å². The first-order valence-electron chi connectivity index (χ1n) is 6.51. The van der Waals surface area contributed by atoms with Crippen molar-refractivity contribution < 1.29 is 17.5 Å². The smallest absolute Gasteiger partial charge is 0.240 e. The Hall–Kier alpha value is -1.18. The summed E-state index contributed by atoms with van der Waals surface area (Å²) in [6.45, 7) is 4.60. The van der Waals surface area contributed by atoms with Crippen molar-refractivity contribution in [3.63, 3.8) is 0 Å². The molecule has 0 bridgehead atoms. The van der Waals surface area contributed by atoms with Gasteiger partial charge in [0.05, 0.1) is 17.2 Å². The second-order valence-corrected chi connectivity index (χ2v) is 6.27. The third-order valence-electron chi connectivity index (χ3n) is 2.75. The number of nitrogens with one attached hydrogen (secondary N) is 1. The van der Waals surface area contributed by atoms with Gasteiger partial charge in [0, 0.05) is 13.2 Å². The number of rotatable bonds is 8. The zero-order valence-electron chi connectivity index (χ0n) is 11.8. The summed E-state index contributed by atoms with van der Waals surface area (Å²) in [4.78, 5) is -0.0394. The molecule has 114 valence electrons. The largest absolute Gasteiger partial charge is 0.396 e. The summed E-state index contributed by atoms with van der Waals surface area (Å²) in [6.07, 6.45) is 1.97. The highest BCUT2D eigenvalue weighted by atomic mass is 32.2. The van der Waals surface area contributed by atoms with Crippen molar-refractivity contribution >= 4 is 15.7 Å². The minimum absolute atomic E-state index is 0.0394. The van der Waals surface area contributed by atoms with Gasteiger partial charge in [-0.3, -0.25) is 0 Å². The Balaban J connectivity index is 2.61. The van der Waals surface area contributed by atoms with E-state index in [0.717, 1.165) is 18.9 Å². The highest BCUT2D eigenvalue weighted by molar-refractivity contribution is 7.89. The van der Waals surface area contributed by atoms with Crippen molar-refractivity contribution in [2.45, 2.75) is 31.6 Å². The van der Waals surface area contributed by atoms with Crippen LogP contribution in [0.15, 0.2) is 17.0 Å². The molecule has 0 heterocycles. The van der Waals surface area contributed by atoms with Gasteiger partial charge in [0.2, 0.25) is 10.0 Å². The van der Waals surface area contributed by atoms with Gasteiger partial charge in [-0.2, -0.15) is 0 Å². The van der Waals surface area contributed by atoms with Crippen LogP contribution in [0.25, 0.3) is 0 Å². The Morgan fingerprint density at radius 2 is 2.05 bits per heavy atom. The fraction of sp³-hybridized carbons (Fsp3) is 0.538. The summed E-state index contributed by atoms with van der Waals surface area (Å²) in [5, 5.41) is 0. The average Bonchev–Trinajstić information content (AvgIpc) is 2.39. The number of hydrogen-bond acceptors (Lipinski definition) is 4. The maximum absolute atomic E-state index is 13.4. The van der Waals surface area contributed by atoms with Crippen LogP contribution in [0, 0.1) is 12.7 Å². The van der Waals surface area contributed by atoms with Crippen LogP contribution < -0.4 is 10.5 Å². The molecule has 0 aliphatic heterocycles. The molecule has 0 aliphatic carbocycles. The molecule has 1 aromatic rings. The van der Waals surface area contributed by atoms with E-state index in [2.05, 4.69) is 4.72 Å². The first-order valence-corrected chi connectivity index (χ1v) is 8.00. The van der Waals surface area contributed by atoms with Gasteiger partial charge in [-0.15, -0.1) is 0 Å². The minimum atomic E-state index is -3.69. The van der Waals surface area contributed by atoms with E-state index < -0.39 is 15.8 Å². The van der Waals surface area contributed by atoms with E-state index in [1.54, 1.807) is 0 Å². The van der Waals surface area contributed by atoms with Crippen molar-refractivity contribution in [1.29, 1.82) is 0 Å². The Bertz CT molecular complexity index is 524. The minimum Gasteiger partial charge on any atom is -0.396 e. The Morgan fingerprint density at radius 1 is 1.35 bits per heavy atom. The number of nitrogens with two attached hydrogens (primary N) is 1. The first-order chi connectivity index (χ1) is 9.38. The SMILES string of the molecule is CCCCOCCNS(=O)(=O)c1cc(C)c(F)c(N)c1. The lowest BCUT2D eigenvalue weighted by atomic mass is 10.2. The zero-order chi connectivity index (χ0) is 15.2. The van der Waals surface area contributed by atoms with Crippen LogP contribution >= 0.6 is 0 Å². The molecule has 0 saturated carbocycles. The highest BCUT2D eigenvalue weighted by Crippen LogP contribution is 2.20. The molecule has 0 spiro atoms. The van der Waals surface area contributed by atoms with E-state index in [1.807, 2.05) is 6.92 Å². The normalized spacial score (nSPS) is 11.8. The van der Waals surface area contributed by atoms with E-state index >= 15 is 0 Å². The monoisotopic (exact) mass is 304 g/mol. The second-order valence-electron chi connectivity index (χ2n) is 4.51. The Morgan fingerprint density at radius 3 is 2.65 bits per heavy atom. The number of nitrogen functional groups attached to an aromatic ring is 1. The molecule has 0 atom stereocenters. The molecular formula is C13H21FN2O3S. The number of halogens is 1. The molecule has 0 aliphatic rings. The molecule has 0 unspecified atom stereocenters. The van der Waals surface area contributed by atoms with Crippen molar-refractivity contribution in [2.24, 2.45) is 0 Å². The van der Waals surface area contributed by atoms with Crippen LogP contribution in [0.1, 0.15) is 25.3 Å². The van der Waals surface area contributed by atoms with Crippen molar-refractivity contribution in [2.75, 3.05) is 25.5 Å². The molecule has 0 radical (unpaired) electrons. The molecule has 1 aromatic carbocycles. The van der Waals surface area contributed by atoms with Crippen LogP contribution in [0.2, 0.25) is 0 Å². The van der Waals surface area contributed by atoms with Crippen LogP contribution in [-0.4, -0.2) is 28.2 Å². The van der Waals surface area contributed by atoms with Crippen LogP contribution in [0.3, 0.4) is 0 Å². The molecule has 0 aromatic heterocycles. The predicted molar refractivity (Wildman–Crippen MR) is 76.5 cm³/mol. The van der Waals surface area contributed by atoms with Gasteiger partial charge in [0.25, 0.3) is 0 Å². The third kappa shape index (κ3) is 4.73.